The normalized spacial score (nSPS) is 10.6. The van der Waals surface area contributed by atoms with Gasteiger partial charge in [-0.1, -0.05) is 11.2 Å². The lowest BCUT2D eigenvalue weighted by molar-refractivity contribution is 0.145. The predicted molar refractivity (Wildman–Crippen MR) is 79.7 cm³/mol. The topological polar surface area (TPSA) is 79.7 Å². The lowest BCUT2D eigenvalue weighted by Crippen LogP contribution is -1.99. The number of anilines is 1. The van der Waals surface area contributed by atoms with Gasteiger partial charge in [0.25, 0.3) is 0 Å². The van der Waals surface area contributed by atoms with Crippen LogP contribution in [0.25, 0.3) is 11.1 Å². The van der Waals surface area contributed by atoms with Gasteiger partial charge in [0.1, 0.15) is 5.76 Å². The van der Waals surface area contributed by atoms with Crippen LogP contribution in [0.4, 0.5) is 5.82 Å². The van der Waals surface area contributed by atoms with E-state index in [1.165, 1.54) is 0 Å². The standard InChI is InChI=1S/C15H20N2O4/c1-4-20-8-7-12-14(15(16)17-21-12)10-5-6-11(18-2)13(9-10)19-3/h5-6,9H,4,7-8H2,1-3H3,(H2,16,17). The lowest BCUT2D eigenvalue weighted by Gasteiger charge is -2.09. The van der Waals surface area contributed by atoms with E-state index in [9.17, 15) is 0 Å². The molecule has 0 aliphatic rings. The molecule has 1 aromatic heterocycles. The summed E-state index contributed by atoms with van der Waals surface area (Å²) in [4.78, 5) is 0. The maximum absolute atomic E-state index is 5.92. The number of ether oxygens (including phenoxy) is 3. The Hall–Kier alpha value is -2.21. The van der Waals surface area contributed by atoms with Crippen molar-refractivity contribution in [3.63, 3.8) is 0 Å². The molecule has 0 radical (unpaired) electrons. The Morgan fingerprint density at radius 2 is 1.95 bits per heavy atom. The minimum absolute atomic E-state index is 0.355. The van der Waals surface area contributed by atoms with Crippen molar-refractivity contribution in [3.8, 4) is 22.6 Å². The fourth-order valence-corrected chi connectivity index (χ4v) is 2.12. The molecule has 0 spiro atoms. The molecule has 1 heterocycles. The van der Waals surface area contributed by atoms with E-state index in [2.05, 4.69) is 5.16 Å². The quantitative estimate of drug-likeness (QED) is 0.790. The van der Waals surface area contributed by atoms with E-state index in [0.717, 1.165) is 11.1 Å². The van der Waals surface area contributed by atoms with Crippen molar-refractivity contribution in [3.05, 3.63) is 24.0 Å². The molecule has 2 aromatic rings. The summed E-state index contributed by atoms with van der Waals surface area (Å²) in [7, 11) is 3.19. The molecule has 6 nitrogen and oxygen atoms in total. The maximum atomic E-state index is 5.92. The summed E-state index contributed by atoms with van der Waals surface area (Å²) in [6.07, 6.45) is 0.613. The molecule has 0 bridgehead atoms. The number of aromatic nitrogens is 1. The van der Waals surface area contributed by atoms with Crippen molar-refractivity contribution in [1.82, 2.24) is 5.16 Å². The van der Waals surface area contributed by atoms with Crippen LogP contribution in [0.5, 0.6) is 11.5 Å². The number of nitrogens with zero attached hydrogens (tertiary/aromatic N) is 1. The molecule has 1 aromatic carbocycles. The van der Waals surface area contributed by atoms with Gasteiger partial charge in [0.05, 0.1) is 26.4 Å². The molecule has 2 N–H and O–H groups in total. The molecule has 0 unspecified atom stereocenters. The van der Waals surface area contributed by atoms with Crippen molar-refractivity contribution in [2.45, 2.75) is 13.3 Å². The van der Waals surface area contributed by atoms with Gasteiger partial charge in [-0.15, -0.1) is 0 Å². The van der Waals surface area contributed by atoms with Gasteiger partial charge in [-0.3, -0.25) is 0 Å². The second kappa shape index (κ2) is 6.99. The summed E-state index contributed by atoms with van der Waals surface area (Å²) in [5.74, 6) is 2.35. The van der Waals surface area contributed by atoms with Crippen LogP contribution in [0.3, 0.4) is 0 Å². The highest BCUT2D eigenvalue weighted by Gasteiger charge is 2.17. The number of benzene rings is 1. The number of nitrogen functional groups attached to an aromatic ring is 1. The second-order valence-electron chi connectivity index (χ2n) is 4.38. The summed E-state index contributed by atoms with van der Waals surface area (Å²) < 4.78 is 21.2. The SMILES string of the molecule is CCOCCc1onc(N)c1-c1ccc(OC)c(OC)c1. The van der Waals surface area contributed by atoms with Gasteiger partial charge in [-0.25, -0.2) is 0 Å². The van der Waals surface area contributed by atoms with Crippen LogP contribution in [0, 0.1) is 0 Å². The zero-order valence-corrected chi connectivity index (χ0v) is 12.5. The second-order valence-corrected chi connectivity index (χ2v) is 4.38. The molecule has 0 aliphatic carbocycles. The zero-order chi connectivity index (χ0) is 15.2. The van der Waals surface area contributed by atoms with Gasteiger partial charge in [0.2, 0.25) is 0 Å². The van der Waals surface area contributed by atoms with Crippen molar-refractivity contribution >= 4 is 5.82 Å². The molecule has 0 saturated heterocycles. The van der Waals surface area contributed by atoms with Gasteiger partial charge in [-0.2, -0.15) is 0 Å². The molecule has 0 fully saturated rings. The number of nitrogens with two attached hydrogens (primary N) is 1. The van der Waals surface area contributed by atoms with Gasteiger partial charge in [0, 0.05) is 13.0 Å². The molecular formula is C15H20N2O4. The molecule has 114 valence electrons. The van der Waals surface area contributed by atoms with E-state index in [1.54, 1.807) is 14.2 Å². The Morgan fingerprint density at radius 1 is 1.19 bits per heavy atom. The third kappa shape index (κ3) is 3.28. The van der Waals surface area contributed by atoms with Gasteiger partial charge in [0.15, 0.2) is 17.3 Å². The first-order valence-electron chi connectivity index (χ1n) is 6.75. The Bertz CT molecular complexity index is 595. The molecule has 0 atom stereocenters. The zero-order valence-electron chi connectivity index (χ0n) is 12.5. The summed E-state index contributed by atoms with van der Waals surface area (Å²) in [6, 6.07) is 5.58. The maximum Gasteiger partial charge on any atom is 0.175 e. The fourth-order valence-electron chi connectivity index (χ4n) is 2.12. The molecule has 6 heteroatoms. The Kier molecular flexibility index (Phi) is 5.05. The van der Waals surface area contributed by atoms with Crippen molar-refractivity contribution < 1.29 is 18.7 Å². The van der Waals surface area contributed by atoms with Crippen LogP contribution in [0.1, 0.15) is 12.7 Å². The fraction of sp³-hybridized carbons (Fsp3) is 0.400. The van der Waals surface area contributed by atoms with Crippen LogP contribution in [0.15, 0.2) is 22.7 Å². The van der Waals surface area contributed by atoms with Crippen LogP contribution in [-0.2, 0) is 11.2 Å². The summed E-state index contributed by atoms with van der Waals surface area (Å²) >= 11 is 0. The van der Waals surface area contributed by atoms with Crippen molar-refractivity contribution in [1.29, 1.82) is 0 Å². The highest BCUT2D eigenvalue weighted by atomic mass is 16.5. The highest BCUT2D eigenvalue weighted by molar-refractivity contribution is 5.77. The van der Waals surface area contributed by atoms with Crippen molar-refractivity contribution in [2.75, 3.05) is 33.2 Å². The molecule has 0 aliphatic heterocycles. The molecule has 0 amide bonds. The number of hydrogen-bond acceptors (Lipinski definition) is 6. The third-order valence-corrected chi connectivity index (χ3v) is 3.14. The molecule has 21 heavy (non-hydrogen) atoms. The van der Waals surface area contributed by atoms with E-state index in [0.29, 0.717) is 42.7 Å². The average Bonchev–Trinajstić information content (AvgIpc) is 2.87. The van der Waals surface area contributed by atoms with E-state index in [-0.39, 0.29) is 0 Å². The Labute approximate surface area is 123 Å². The van der Waals surface area contributed by atoms with E-state index < -0.39 is 0 Å². The van der Waals surface area contributed by atoms with Crippen LogP contribution in [-0.4, -0.2) is 32.6 Å². The monoisotopic (exact) mass is 292 g/mol. The highest BCUT2D eigenvalue weighted by Crippen LogP contribution is 2.36. The number of rotatable bonds is 7. The first-order chi connectivity index (χ1) is 10.2. The first-order valence-corrected chi connectivity index (χ1v) is 6.75. The summed E-state index contributed by atoms with van der Waals surface area (Å²) in [5, 5.41) is 3.84. The molecular weight excluding hydrogens is 272 g/mol. The largest absolute Gasteiger partial charge is 0.493 e. The summed E-state index contributed by atoms with van der Waals surface area (Å²) in [6.45, 7) is 3.17. The van der Waals surface area contributed by atoms with E-state index in [1.807, 2.05) is 25.1 Å². The van der Waals surface area contributed by atoms with Crippen LogP contribution in [0.2, 0.25) is 0 Å². The van der Waals surface area contributed by atoms with E-state index >= 15 is 0 Å². The van der Waals surface area contributed by atoms with Gasteiger partial charge in [-0.05, 0) is 24.6 Å². The number of methoxy groups -OCH3 is 2. The minimum atomic E-state index is 0.355. The first kappa shape index (κ1) is 15.2. The van der Waals surface area contributed by atoms with Gasteiger partial charge < -0.3 is 24.5 Å². The molecule has 0 saturated carbocycles. The van der Waals surface area contributed by atoms with E-state index in [4.69, 9.17) is 24.5 Å². The van der Waals surface area contributed by atoms with Crippen molar-refractivity contribution in [2.24, 2.45) is 0 Å². The Morgan fingerprint density at radius 3 is 2.62 bits per heavy atom. The van der Waals surface area contributed by atoms with Gasteiger partial charge >= 0.3 is 0 Å². The molecule has 2 rings (SSSR count). The number of hydrogen-bond donors (Lipinski definition) is 1. The average molecular weight is 292 g/mol. The van der Waals surface area contributed by atoms with Crippen LogP contribution < -0.4 is 15.2 Å². The third-order valence-electron chi connectivity index (χ3n) is 3.14. The smallest absolute Gasteiger partial charge is 0.175 e. The lowest BCUT2D eigenvalue weighted by atomic mass is 10.0. The minimum Gasteiger partial charge on any atom is -0.493 e. The Balaban J connectivity index is 2.34. The predicted octanol–water partition coefficient (Wildman–Crippen LogP) is 2.52. The summed E-state index contributed by atoms with van der Waals surface area (Å²) in [5.41, 5.74) is 7.57. The van der Waals surface area contributed by atoms with Crippen LogP contribution >= 0.6 is 0 Å².